The minimum Gasteiger partial charge on any atom is -0.289 e. The molecule has 7 heteroatoms. The van der Waals surface area contributed by atoms with Crippen LogP contribution in [0, 0.1) is 0 Å². The maximum Gasteiger partial charge on any atom is 0.268 e. The zero-order chi connectivity index (χ0) is 18.6. The van der Waals surface area contributed by atoms with Crippen LogP contribution < -0.4 is 5.48 Å². The number of hydroxylamine groups is 1. The summed E-state index contributed by atoms with van der Waals surface area (Å²) in [5, 5.41) is 14.4. The minimum atomic E-state index is -0.691. The lowest BCUT2D eigenvalue weighted by Crippen LogP contribution is -2.32. The lowest BCUT2D eigenvalue weighted by Gasteiger charge is -2.16. The molecule has 3 aromatic heterocycles. The number of aromatic nitrogens is 4. The van der Waals surface area contributed by atoms with E-state index >= 15 is 0 Å². The van der Waals surface area contributed by atoms with Crippen molar-refractivity contribution in [3.63, 3.8) is 0 Å². The Kier molecular flexibility index (Phi) is 4.59. The molecule has 4 rings (SSSR count). The van der Waals surface area contributed by atoms with E-state index in [4.69, 9.17) is 0 Å². The average molecular weight is 359 g/mol. The molecule has 0 aliphatic rings. The van der Waals surface area contributed by atoms with E-state index in [1.54, 1.807) is 34.9 Å². The van der Waals surface area contributed by atoms with Gasteiger partial charge in [-0.05, 0) is 23.8 Å². The summed E-state index contributed by atoms with van der Waals surface area (Å²) < 4.78 is 1.59. The van der Waals surface area contributed by atoms with E-state index in [-0.39, 0.29) is 0 Å². The van der Waals surface area contributed by atoms with Crippen molar-refractivity contribution in [1.82, 2.24) is 25.2 Å². The Balaban J connectivity index is 1.73. The van der Waals surface area contributed by atoms with Crippen molar-refractivity contribution < 1.29 is 10.0 Å². The largest absolute Gasteiger partial charge is 0.289 e. The van der Waals surface area contributed by atoms with Gasteiger partial charge in [0, 0.05) is 29.8 Å². The Bertz CT molecular complexity index is 1060. The third kappa shape index (κ3) is 3.40. The number of nitrogens with one attached hydrogen (secondary N) is 1. The molecule has 0 fully saturated rings. The van der Waals surface area contributed by atoms with Gasteiger partial charge < -0.3 is 0 Å². The molecule has 7 nitrogen and oxygen atoms in total. The van der Waals surface area contributed by atoms with Crippen molar-refractivity contribution in [3.8, 4) is 11.3 Å². The molecule has 3 heterocycles. The molecule has 1 unspecified atom stereocenters. The summed E-state index contributed by atoms with van der Waals surface area (Å²) in [6.07, 6.45) is 7.22. The standard InChI is InChI=1S/C20H17N5O2/c26-20(24-27)18(10-14-4-2-1-3-5-14)25-19-13-22-17(11-16(19)12-23-25)15-6-8-21-9-7-15/h1-9,11-13,18,27H,10H2,(H,24,26). The maximum atomic E-state index is 12.3. The van der Waals surface area contributed by atoms with Crippen LogP contribution >= 0.6 is 0 Å². The third-order valence-corrected chi connectivity index (χ3v) is 4.44. The maximum absolute atomic E-state index is 12.3. The molecule has 0 bridgehead atoms. The molecule has 0 radical (unpaired) electrons. The lowest BCUT2D eigenvalue weighted by molar-refractivity contribution is -0.132. The molecule has 27 heavy (non-hydrogen) atoms. The summed E-state index contributed by atoms with van der Waals surface area (Å²) in [6.45, 7) is 0. The van der Waals surface area contributed by atoms with E-state index in [0.717, 1.165) is 27.7 Å². The number of hydrogen-bond acceptors (Lipinski definition) is 5. The van der Waals surface area contributed by atoms with Crippen LogP contribution in [0.2, 0.25) is 0 Å². The second-order valence-electron chi connectivity index (χ2n) is 6.13. The number of nitrogens with zero attached hydrogens (tertiary/aromatic N) is 4. The highest BCUT2D eigenvalue weighted by Gasteiger charge is 2.23. The quantitative estimate of drug-likeness (QED) is 0.422. The minimum absolute atomic E-state index is 0.399. The van der Waals surface area contributed by atoms with E-state index in [2.05, 4.69) is 15.1 Å². The normalized spacial score (nSPS) is 12.0. The predicted octanol–water partition coefficient (Wildman–Crippen LogP) is 2.78. The molecule has 1 amide bonds. The van der Waals surface area contributed by atoms with Gasteiger partial charge in [-0.2, -0.15) is 5.10 Å². The fourth-order valence-electron chi connectivity index (χ4n) is 3.08. The molecule has 0 spiro atoms. The Labute approximate surface area is 155 Å². The van der Waals surface area contributed by atoms with Gasteiger partial charge in [-0.25, -0.2) is 5.48 Å². The number of benzene rings is 1. The number of amides is 1. The molecule has 4 aromatic rings. The van der Waals surface area contributed by atoms with Crippen LogP contribution in [0.25, 0.3) is 22.2 Å². The van der Waals surface area contributed by atoms with Crippen LogP contribution in [-0.4, -0.2) is 30.9 Å². The van der Waals surface area contributed by atoms with E-state index in [9.17, 15) is 10.0 Å². The fraction of sp³-hybridized carbons (Fsp3) is 0.100. The highest BCUT2D eigenvalue weighted by Crippen LogP contribution is 2.24. The topological polar surface area (TPSA) is 92.9 Å². The zero-order valence-electron chi connectivity index (χ0n) is 14.4. The highest BCUT2D eigenvalue weighted by molar-refractivity contribution is 5.85. The Morgan fingerprint density at radius 3 is 2.63 bits per heavy atom. The van der Waals surface area contributed by atoms with E-state index in [1.807, 2.05) is 48.5 Å². The molecule has 0 saturated heterocycles. The summed E-state index contributed by atoms with van der Waals surface area (Å²) in [5.74, 6) is -0.526. The average Bonchev–Trinajstić information content (AvgIpc) is 3.16. The summed E-state index contributed by atoms with van der Waals surface area (Å²) in [6, 6.07) is 14.6. The second-order valence-corrected chi connectivity index (χ2v) is 6.13. The van der Waals surface area contributed by atoms with Crippen LogP contribution in [0.15, 0.2) is 73.3 Å². The number of pyridine rings is 2. The lowest BCUT2D eigenvalue weighted by atomic mass is 10.1. The summed E-state index contributed by atoms with van der Waals surface area (Å²) in [7, 11) is 0. The van der Waals surface area contributed by atoms with E-state index in [0.29, 0.717) is 6.42 Å². The van der Waals surface area contributed by atoms with Crippen molar-refractivity contribution in [3.05, 3.63) is 78.9 Å². The van der Waals surface area contributed by atoms with Crippen LogP contribution in [0.1, 0.15) is 11.6 Å². The number of carbonyl (C=O) groups excluding carboxylic acids is 1. The van der Waals surface area contributed by atoms with Gasteiger partial charge in [-0.1, -0.05) is 30.3 Å². The van der Waals surface area contributed by atoms with Crippen molar-refractivity contribution in [1.29, 1.82) is 0 Å². The van der Waals surface area contributed by atoms with Crippen LogP contribution in [0.5, 0.6) is 0 Å². The predicted molar refractivity (Wildman–Crippen MR) is 99.9 cm³/mol. The first-order valence-electron chi connectivity index (χ1n) is 8.48. The van der Waals surface area contributed by atoms with Gasteiger partial charge >= 0.3 is 0 Å². The third-order valence-electron chi connectivity index (χ3n) is 4.44. The second kappa shape index (κ2) is 7.35. The van der Waals surface area contributed by atoms with Gasteiger partial charge in [0.2, 0.25) is 0 Å². The van der Waals surface area contributed by atoms with Gasteiger partial charge in [0.1, 0.15) is 6.04 Å². The summed E-state index contributed by atoms with van der Waals surface area (Å²) in [4.78, 5) is 20.8. The van der Waals surface area contributed by atoms with Crippen molar-refractivity contribution >= 4 is 16.8 Å². The van der Waals surface area contributed by atoms with Crippen molar-refractivity contribution in [2.75, 3.05) is 0 Å². The first kappa shape index (κ1) is 16.9. The molecule has 0 aliphatic heterocycles. The summed E-state index contributed by atoms with van der Waals surface area (Å²) >= 11 is 0. The number of carbonyl (C=O) groups is 1. The van der Waals surface area contributed by atoms with Crippen LogP contribution in [0.4, 0.5) is 0 Å². The molecule has 1 atom stereocenters. The number of fused-ring (bicyclic) bond motifs is 1. The Morgan fingerprint density at radius 2 is 1.89 bits per heavy atom. The van der Waals surface area contributed by atoms with E-state index < -0.39 is 11.9 Å². The number of rotatable bonds is 5. The molecule has 134 valence electrons. The molecule has 0 aliphatic carbocycles. The van der Waals surface area contributed by atoms with Gasteiger partial charge in [0.05, 0.1) is 23.6 Å². The monoisotopic (exact) mass is 359 g/mol. The van der Waals surface area contributed by atoms with Crippen LogP contribution in [-0.2, 0) is 11.2 Å². The van der Waals surface area contributed by atoms with Gasteiger partial charge in [0.25, 0.3) is 5.91 Å². The van der Waals surface area contributed by atoms with E-state index in [1.165, 1.54) is 0 Å². The van der Waals surface area contributed by atoms with Crippen LogP contribution in [0.3, 0.4) is 0 Å². The zero-order valence-corrected chi connectivity index (χ0v) is 14.4. The Morgan fingerprint density at radius 1 is 1.11 bits per heavy atom. The van der Waals surface area contributed by atoms with Crippen molar-refractivity contribution in [2.24, 2.45) is 0 Å². The van der Waals surface area contributed by atoms with Crippen molar-refractivity contribution in [2.45, 2.75) is 12.5 Å². The molecular weight excluding hydrogens is 342 g/mol. The summed E-state index contributed by atoms with van der Waals surface area (Å²) in [5.41, 5.74) is 5.19. The molecule has 0 saturated carbocycles. The highest BCUT2D eigenvalue weighted by atomic mass is 16.5. The fourth-order valence-corrected chi connectivity index (χ4v) is 3.08. The van der Waals surface area contributed by atoms with Gasteiger partial charge in [0.15, 0.2) is 0 Å². The smallest absolute Gasteiger partial charge is 0.268 e. The van der Waals surface area contributed by atoms with Gasteiger partial charge in [-0.3, -0.25) is 24.7 Å². The molecule has 2 N–H and O–H groups in total. The Hall–Kier alpha value is -3.58. The molecule has 1 aromatic carbocycles. The first-order valence-corrected chi connectivity index (χ1v) is 8.48. The first-order chi connectivity index (χ1) is 13.3. The SMILES string of the molecule is O=C(NO)C(Cc1ccccc1)n1ncc2cc(-c3ccncc3)ncc21. The van der Waals surface area contributed by atoms with Gasteiger partial charge in [-0.15, -0.1) is 0 Å². The number of hydrogen-bond donors (Lipinski definition) is 2. The molecular formula is C20H17N5O2.